The van der Waals surface area contributed by atoms with Gasteiger partial charge in [0.25, 0.3) is 17.5 Å². The third kappa shape index (κ3) is 7.03. The minimum Gasteiger partial charge on any atom is -0.497 e. The van der Waals surface area contributed by atoms with Crippen molar-refractivity contribution in [3.63, 3.8) is 0 Å². The van der Waals surface area contributed by atoms with Gasteiger partial charge in [-0.05, 0) is 54.6 Å². The van der Waals surface area contributed by atoms with E-state index in [1.807, 2.05) is 0 Å². The van der Waals surface area contributed by atoms with Crippen LogP contribution in [0.5, 0.6) is 17.2 Å². The first-order chi connectivity index (χ1) is 18.5. The molecule has 0 aliphatic carbocycles. The molecular weight excluding hydrogens is 523 g/mol. The first-order valence-electron chi connectivity index (χ1n) is 11.0. The summed E-state index contributed by atoms with van der Waals surface area (Å²) in [6.45, 7) is 0. The van der Waals surface area contributed by atoms with Crippen LogP contribution >= 0.6 is 0 Å². The molecule has 0 saturated carbocycles. The van der Waals surface area contributed by atoms with Crippen LogP contribution in [0, 0.1) is 10.1 Å². The van der Waals surface area contributed by atoms with Crippen LogP contribution in [0.25, 0.3) is 6.08 Å². The van der Waals surface area contributed by atoms with E-state index in [4.69, 9.17) is 14.2 Å². The fraction of sp³-hybridized carbons (Fsp3) is 0.154. The number of methoxy groups -OCH3 is 3. The average Bonchev–Trinajstić information content (AvgIpc) is 2.91. The predicted octanol–water partition coefficient (Wildman–Crippen LogP) is 5.05. The SMILES string of the molecule is COc1ccc(C(=O)NC(=Cc2cc(OC)c(OC)cc2[N+](=O)[O-])C(=O)Nc2cccc(C(F)(F)F)c2)cc1. The molecular formula is C26H22F3N3O7. The highest BCUT2D eigenvalue weighted by Gasteiger charge is 2.30. The molecule has 0 aliphatic rings. The lowest BCUT2D eigenvalue weighted by atomic mass is 10.1. The van der Waals surface area contributed by atoms with E-state index in [9.17, 15) is 32.9 Å². The van der Waals surface area contributed by atoms with Gasteiger partial charge in [0.05, 0.1) is 43.4 Å². The maximum Gasteiger partial charge on any atom is 0.416 e. The highest BCUT2D eigenvalue weighted by molar-refractivity contribution is 6.11. The van der Waals surface area contributed by atoms with Crippen LogP contribution in [0.1, 0.15) is 21.5 Å². The molecule has 3 aromatic carbocycles. The van der Waals surface area contributed by atoms with Gasteiger partial charge >= 0.3 is 6.18 Å². The van der Waals surface area contributed by atoms with E-state index in [2.05, 4.69) is 10.6 Å². The number of nitrogens with one attached hydrogen (secondary N) is 2. The van der Waals surface area contributed by atoms with Gasteiger partial charge in [0.1, 0.15) is 11.4 Å². The average molecular weight is 545 g/mol. The van der Waals surface area contributed by atoms with Gasteiger partial charge in [0, 0.05) is 11.3 Å². The van der Waals surface area contributed by atoms with Crippen molar-refractivity contribution >= 4 is 29.3 Å². The number of halogens is 3. The molecule has 39 heavy (non-hydrogen) atoms. The maximum atomic E-state index is 13.2. The van der Waals surface area contributed by atoms with Crippen molar-refractivity contribution < 1.29 is 41.9 Å². The Hall–Kier alpha value is -5.07. The smallest absolute Gasteiger partial charge is 0.416 e. The van der Waals surface area contributed by atoms with Crippen LogP contribution in [-0.4, -0.2) is 38.1 Å². The number of carbonyl (C=O) groups excluding carboxylic acids is 2. The van der Waals surface area contributed by atoms with E-state index in [0.717, 1.165) is 24.3 Å². The highest BCUT2D eigenvalue weighted by atomic mass is 19.4. The lowest BCUT2D eigenvalue weighted by Crippen LogP contribution is -2.30. The van der Waals surface area contributed by atoms with E-state index < -0.39 is 39.9 Å². The van der Waals surface area contributed by atoms with Crippen LogP contribution in [0.3, 0.4) is 0 Å². The Labute approximate surface area is 220 Å². The number of carbonyl (C=O) groups is 2. The van der Waals surface area contributed by atoms with Gasteiger partial charge in [-0.15, -0.1) is 0 Å². The molecule has 13 heteroatoms. The van der Waals surface area contributed by atoms with E-state index in [0.29, 0.717) is 11.8 Å². The van der Waals surface area contributed by atoms with Crippen molar-refractivity contribution in [2.24, 2.45) is 0 Å². The molecule has 3 rings (SSSR count). The van der Waals surface area contributed by atoms with E-state index in [1.165, 1.54) is 57.7 Å². The van der Waals surface area contributed by atoms with Crippen LogP contribution in [0.2, 0.25) is 0 Å². The molecule has 0 heterocycles. The van der Waals surface area contributed by atoms with Gasteiger partial charge in [-0.25, -0.2) is 0 Å². The van der Waals surface area contributed by atoms with Crippen LogP contribution in [0.15, 0.2) is 66.4 Å². The standard InChI is InChI=1S/C26H22F3N3O7/c1-37-19-9-7-15(8-10-19)24(33)31-20(25(34)30-18-6-4-5-17(13-18)26(27,28)29)11-16-12-22(38-2)23(39-3)14-21(16)32(35)36/h4-14H,1-3H3,(H,30,34)(H,31,33). The summed E-state index contributed by atoms with van der Waals surface area (Å²) in [6, 6.07) is 12.0. The molecule has 0 saturated heterocycles. The number of hydrogen-bond donors (Lipinski definition) is 2. The number of ether oxygens (including phenoxy) is 3. The summed E-state index contributed by atoms with van der Waals surface area (Å²) in [5.41, 5.74) is -2.26. The van der Waals surface area contributed by atoms with Crippen molar-refractivity contribution in [1.82, 2.24) is 5.32 Å². The summed E-state index contributed by atoms with van der Waals surface area (Å²) in [4.78, 5) is 37.1. The van der Waals surface area contributed by atoms with Crippen molar-refractivity contribution in [1.29, 1.82) is 0 Å². The summed E-state index contributed by atoms with van der Waals surface area (Å²) in [6.07, 6.45) is -3.66. The number of alkyl halides is 3. The number of hydrogen-bond acceptors (Lipinski definition) is 7. The largest absolute Gasteiger partial charge is 0.497 e. The summed E-state index contributed by atoms with van der Waals surface area (Å²) in [7, 11) is 4.01. The van der Waals surface area contributed by atoms with Crippen molar-refractivity contribution in [2.75, 3.05) is 26.6 Å². The number of nitro groups is 1. The molecule has 2 N–H and O–H groups in total. The molecule has 0 unspecified atom stereocenters. The van der Waals surface area contributed by atoms with Gasteiger partial charge < -0.3 is 24.8 Å². The molecule has 0 spiro atoms. The Bertz CT molecular complexity index is 1420. The summed E-state index contributed by atoms with van der Waals surface area (Å²) in [5, 5.41) is 16.4. The van der Waals surface area contributed by atoms with E-state index in [1.54, 1.807) is 0 Å². The highest BCUT2D eigenvalue weighted by Crippen LogP contribution is 2.36. The zero-order valence-electron chi connectivity index (χ0n) is 20.8. The quantitative estimate of drug-likeness (QED) is 0.219. The Morgan fingerprint density at radius 2 is 1.56 bits per heavy atom. The lowest BCUT2D eigenvalue weighted by molar-refractivity contribution is -0.385. The summed E-state index contributed by atoms with van der Waals surface area (Å²) < 4.78 is 54.8. The molecule has 0 radical (unpaired) electrons. The molecule has 2 amide bonds. The van der Waals surface area contributed by atoms with Crippen LogP contribution < -0.4 is 24.8 Å². The Morgan fingerprint density at radius 1 is 0.923 bits per heavy atom. The number of nitrogens with zero attached hydrogens (tertiary/aromatic N) is 1. The molecule has 0 atom stereocenters. The van der Waals surface area contributed by atoms with Gasteiger partial charge in [0.2, 0.25) is 0 Å². The molecule has 0 fully saturated rings. The second-order valence-electron chi connectivity index (χ2n) is 7.80. The third-order valence-corrected chi connectivity index (χ3v) is 5.32. The van der Waals surface area contributed by atoms with Crippen LogP contribution in [-0.2, 0) is 11.0 Å². The second-order valence-corrected chi connectivity index (χ2v) is 7.80. The third-order valence-electron chi connectivity index (χ3n) is 5.32. The fourth-order valence-electron chi connectivity index (χ4n) is 3.38. The van der Waals surface area contributed by atoms with Crippen LogP contribution in [0.4, 0.5) is 24.5 Å². The summed E-state index contributed by atoms with van der Waals surface area (Å²) >= 11 is 0. The monoisotopic (exact) mass is 545 g/mol. The fourth-order valence-corrected chi connectivity index (χ4v) is 3.38. The number of anilines is 1. The number of nitro benzene ring substituents is 1. The molecule has 204 valence electrons. The van der Waals surface area contributed by atoms with Gasteiger partial charge in [-0.3, -0.25) is 19.7 Å². The Balaban J connectivity index is 2.07. The molecule has 3 aromatic rings. The van der Waals surface area contributed by atoms with Gasteiger partial charge in [-0.1, -0.05) is 6.07 Å². The lowest BCUT2D eigenvalue weighted by Gasteiger charge is -2.14. The van der Waals surface area contributed by atoms with Gasteiger partial charge in [0.15, 0.2) is 11.5 Å². The zero-order chi connectivity index (χ0) is 28.7. The molecule has 0 aromatic heterocycles. The van der Waals surface area contributed by atoms with E-state index >= 15 is 0 Å². The molecule has 10 nitrogen and oxygen atoms in total. The molecule has 0 bridgehead atoms. The Morgan fingerprint density at radius 3 is 2.13 bits per heavy atom. The second kappa shape index (κ2) is 12.0. The zero-order valence-corrected chi connectivity index (χ0v) is 20.8. The summed E-state index contributed by atoms with van der Waals surface area (Å²) in [5.74, 6) is -1.22. The number of amides is 2. The van der Waals surface area contributed by atoms with Crippen molar-refractivity contribution in [3.8, 4) is 17.2 Å². The van der Waals surface area contributed by atoms with Gasteiger partial charge in [-0.2, -0.15) is 13.2 Å². The van der Waals surface area contributed by atoms with Crippen molar-refractivity contribution in [2.45, 2.75) is 6.18 Å². The first kappa shape index (κ1) is 28.5. The molecule has 0 aliphatic heterocycles. The number of benzene rings is 3. The van der Waals surface area contributed by atoms with Crippen molar-refractivity contribution in [3.05, 3.63) is 93.2 Å². The maximum absolute atomic E-state index is 13.2. The normalized spacial score (nSPS) is 11.4. The Kier molecular flexibility index (Phi) is 8.76. The minimum atomic E-state index is -4.66. The minimum absolute atomic E-state index is 0.0404. The topological polar surface area (TPSA) is 129 Å². The first-order valence-corrected chi connectivity index (χ1v) is 11.0. The van der Waals surface area contributed by atoms with E-state index in [-0.39, 0.29) is 28.3 Å². The predicted molar refractivity (Wildman–Crippen MR) is 135 cm³/mol. The number of rotatable bonds is 9.